The normalized spacial score (nSPS) is 14.5. The summed E-state index contributed by atoms with van der Waals surface area (Å²) in [4.78, 5) is 47.3. The molecule has 2 amide bonds. The van der Waals surface area contributed by atoms with Gasteiger partial charge in [-0.25, -0.2) is 0 Å². The average molecular weight is 472 g/mol. The molecule has 0 unspecified atom stereocenters. The second-order valence-corrected chi connectivity index (χ2v) is 7.69. The fraction of sp³-hybridized carbons (Fsp3) is 0.227. The number of hydrogen-bond acceptors (Lipinski definition) is 9. The second-order valence-electron chi connectivity index (χ2n) is 6.70. The summed E-state index contributed by atoms with van der Waals surface area (Å²) in [6.07, 6.45) is 1.53. The molecule has 33 heavy (non-hydrogen) atoms. The lowest BCUT2D eigenvalue weighted by molar-refractivity contribution is -0.384. The van der Waals surface area contributed by atoms with Crippen LogP contribution in [-0.2, 0) is 20.9 Å². The highest BCUT2D eigenvalue weighted by Crippen LogP contribution is 2.35. The smallest absolute Gasteiger partial charge is 0.325 e. The minimum atomic E-state index is -0.688. The molecule has 1 aliphatic heterocycles. The van der Waals surface area contributed by atoms with Crippen LogP contribution in [0.15, 0.2) is 47.4 Å². The first-order valence-corrected chi connectivity index (χ1v) is 10.6. The highest BCUT2D eigenvalue weighted by Gasteiger charge is 2.36. The molecular formula is C22H20N2O8S. The van der Waals surface area contributed by atoms with E-state index >= 15 is 0 Å². The minimum Gasteiger partial charge on any atom is -0.490 e. The van der Waals surface area contributed by atoms with Crippen molar-refractivity contribution < 1.29 is 33.5 Å². The Balaban J connectivity index is 1.75. The molecule has 0 spiro atoms. The maximum absolute atomic E-state index is 12.5. The molecule has 0 bridgehead atoms. The first-order valence-electron chi connectivity index (χ1n) is 9.77. The third-order valence-electron chi connectivity index (χ3n) is 4.50. The predicted molar refractivity (Wildman–Crippen MR) is 120 cm³/mol. The van der Waals surface area contributed by atoms with Gasteiger partial charge in [0.15, 0.2) is 11.5 Å². The molecule has 1 fully saturated rings. The Bertz CT molecular complexity index is 1110. The number of carbonyl (C=O) groups is 3. The van der Waals surface area contributed by atoms with Gasteiger partial charge in [-0.05, 0) is 60.2 Å². The molecule has 0 aromatic heterocycles. The van der Waals surface area contributed by atoms with Gasteiger partial charge < -0.3 is 14.2 Å². The average Bonchev–Trinajstić information content (AvgIpc) is 3.06. The van der Waals surface area contributed by atoms with Crippen molar-refractivity contribution in [2.45, 2.75) is 13.5 Å². The van der Waals surface area contributed by atoms with Crippen LogP contribution in [0.25, 0.3) is 6.08 Å². The van der Waals surface area contributed by atoms with Crippen LogP contribution in [0.4, 0.5) is 10.5 Å². The van der Waals surface area contributed by atoms with Gasteiger partial charge in [-0.2, -0.15) is 0 Å². The lowest BCUT2D eigenvalue weighted by atomic mass is 10.1. The number of rotatable bonds is 9. The van der Waals surface area contributed by atoms with E-state index in [9.17, 15) is 24.5 Å². The maximum atomic E-state index is 12.5. The Morgan fingerprint density at radius 2 is 1.85 bits per heavy atom. The van der Waals surface area contributed by atoms with Gasteiger partial charge in [0.2, 0.25) is 0 Å². The van der Waals surface area contributed by atoms with E-state index in [-0.39, 0.29) is 17.2 Å². The molecule has 0 aliphatic carbocycles. The van der Waals surface area contributed by atoms with E-state index in [0.717, 1.165) is 22.2 Å². The molecule has 0 radical (unpaired) electrons. The number of hydrogen-bond donors (Lipinski definition) is 0. The largest absolute Gasteiger partial charge is 0.490 e. The number of nitro benzene ring substituents is 1. The van der Waals surface area contributed by atoms with Crippen LogP contribution in [0.2, 0.25) is 0 Å². The van der Waals surface area contributed by atoms with Crippen molar-refractivity contribution in [3.05, 3.63) is 68.6 Å². The summed E-state index contributed by atoms with van der Waals surface area (Å²) < 4.78 is 16.0. The van der Waals surface area contributed by atoms with Gasteiger partial charge in [0.25, 0.3) is 16.8 Å². The lowest BCUT2D eigenvalue weighted by Gasteiger charge is -2.13. The number of imide groups is 1. The highest BCUT2D eigenvalue weighted by atomic mass is 32.2. The van der Waals surface area contributed by atoms with Crippen LogP contribution >= 0.6 is 11.8 Å². The zero-order chi connectivity index (χ0) is 24.0. The van der Waals surface area contributed by atoms with Gasteiger partial charge in [0, 0.05) is 12.1 Å². The number of thioether (sulfide) groups is 1. The fourth-order valence-corrected chi connectivity index (χ4v) is 3.70. The molecule has 2 aromatic carbocycles. The quantitative estimate of drug-likeness (QED) is 0.232. The van der Waals surface area contributed by atoms with Crippen molar-refractivity contribution >= 4 is 40.6 Å². The van der Waals surface area contributed by atoms with Crippen molar-refractivity contribution in [1.29, 1.82) is 0 Å². The van der Waals surface area contributed by atoms with E-state index in [1.54, 1.807) is 30.3 Å². The van der Waals surface area contributed by atoms with Gasteiger partial charge in [-0.3, -0.25) is 29.4 Å². The van der Waals surface area contributed by atoms with Crippen molar-refractivity contribution in [2.24, 2.45) is 0 Å². The van der Waals surface area contributed by atoms with Crippen LogP contribution in [0.3, 0.4) is 0 Å². The monoisotopic (exact) mass is 472 g/mol. The Kier molecular flexibility index (Phi) is 7.67. The number of nitro groups is 1. The van der Waals surface area contributed by atoms with Gasteiger partial charge in [-0.1, -0.05) is 6.07 Å². The lowest BCUT2D eigenvalue weighted by Crippen LogP contribution is -2.34. The summed E-state index contributed by atoms with van der Waals surface area (Å²) in [7, 11) is 1.18. The van der Waals surface area contributed by atoms with E-state index in [2.05, 4.69) is 4.74 Å². The third-order valence-corrected chi connectivity index (χ3v) is 5.40. The Morgan fingerprint density at radius 1 is 1.12 bits per heavy atom. The van der Waals surface area contributed by atoms with Crippen LogP contribution in [0, 0.1) is 10.1 Å². The topological polar surface area (TPSA) is 125 Å². The van der Waals surface area contributed by atoms with Crippen molar-refractivity contribution in [3.8, 4) is 11.5 Å². The van der Waals surface area contributed by atoms with Crippen LogP contribution in [-0.4, -0.2) is 47.2 Å². The number of esters is 1. The van der Waals surface area contributed by atoms with Gasteiger partial charge in [0.1, 0.15) is 13.2 Å². The zero-order valence-electron chi connectivity index (χ0n) is 17.8. The van der Waals surface area contributed by atoms with Crippen molar-refractivity contribution in [2.75, 3.05) is 20.3 Å². The van der Waals surface area contributed by atoms with Gasteiger partial charge in [0.05, 0.1) is 23.5 Å². The molecule has 1 saturated heterocycles. The maximum Gasteiger partial charge on any atom is 0.325 e. The fourth-order valence-electron chi connectivity index (χ4n) is 2.86. The highest BCUT2D eigenvalue weighted by molar-refractivity contribution is 8.18. The summed E-state index contributed by atoms with van der Waals surface area (Å²) in [6.45, 7) is 1.90. The molecule has 1 heterocycles. The molecular weight excluding hydrogens is 452 g/mol. The van der Waals surface area contributed by atoms with E-state index in [0.29, 0.717) is 23.7 Å². The summed E-state index contributed by atoms with van der Waals surface area (Å²) in [6, 6.07) is 11.1. The molecule has 0 saturated carbocycles. The number of nitrogens with zero attached hydrogens (tertiary/aromatic N) is 2. The zero-order valence-corrected chi connectivity index (χ0v) is 18.6. The summed E-state index contributed by atoms with van der Waals surface area (Å²) in [5.41, 5.74) is 1.34. The second kappa shape index (κ2) is 10.6. The van der Waals surface area contributed by atoms with Gasteiger partial charge >= 0.3 is 5.97 Å². The number of carbonyl (C=O) groups excluding carboxylic acids is 3. The third kappa shape index (κ3) is 5.89. The summed E-state index contributed by atoms with van der Waals surface area (Å²) in [5.74, 6) is -0.383. The Hall–Kier alpha value is -3.86. The van der Waals surface area contributed by atoms with Gasteiger partial charge in [-0.15, -0.1) is 0 Å². The molecule has 172 valence electrons. The molecule has 10 nitrogen and oxygen atoms in total. The van der Waals surface area contributed by atoms with Crippen LogP contribution < -0.4 is 9.47 Å². The molecule has 0 atom stereocenters. The summed E-state index contributed by atoms with van der Waals surface area (Å²) in [5, 5.41) is 10.2. The number of benzene rings is 2. The molecule has 0 N–H and O–H groups in total. The van der Waals surface area contributed by atoms with Crippen molar-refractivity contribution in [3.63, 3.8) is 0 Å². The van der Waals surface area contributed by atoms with Crippen LogP contribution in [0.1, 0.15) is 18.1 Å². The molecule has 11 heteroatoms. The Labute approximate surface area is 193 Å². The minimum absolute atomic E-state index is 0.00546. The number of non-ortho nitro benzene ring substituents is 1. The summed E-state index contributed by atoms with van der Waals surface area (Å²) >= 11 is 0.734. The van der Waals surface area contributed by atoms with E-state index in [1.165, 1.54) is 25.3 Å². The standard InChI is InChI=1S/C22H20N2O8S/c1-3-31-18-10-15(11-19-21(26)23(22(27)33-19)12-20(25)30-2)6-9-17(18)32-13-14-4-7-16(8-5-14)24(28)29/h4-11H,3,12-13H2,1-2H3/b19-11+. The van der Waals surface area contributed by atoms with Crippen LogP contribution in [0.5, 0.6) is 11.5 Å². The predicted octanol–water partition coefficient (Wildman–Crippen LogP) is 3.78. The molecule has 3 rings (SSSR count). The van der Waals surface area contributed by atoms with Crippen molar-refractivity contribution in [1.82, 2.24) is 4.90 Å². The first kappa shape index (κ1) is 23.8. The van der Waals surface area contributed by atoms with E-state index < -0.39 is 28.6 Å². The number of ether oxygens (including phenoxy) is 3. The molecule has 2 aromatic rings. The Morgan fingerprint density at radius 3 is 2.48 bits per heavy atom. The number of amides is 2. The number of methoxy groups -OCH3 is 1. The SMILES string of the molecule is CCOc1cc(/C=C2/SC(=O)N(CC(=O)OC)C2=O)ccc1OCc1ccc([N+](=O)[O-])cc1. The van der Waals surface area contributed by atoms with E-state index in [4.69, 9.17) is 9.47 Å². The molecule has 1 aliphatic rings. The van der Waals surface area contributed by atoms with E-state index in [1.807, 2.05) is 6.92 Å². The first-order chi connectivity index (χ1) is 15.8.